The minimum absolute atomic E-state index is 0.625. The van der Waals surface area contributed by atoms with Gasteiger partial charge in [0, 0.05) is 0 Å². The van der Waals surface area contributed by atoms with Crippen LogP contribution in [0, 0.1) is 0 Å². The van der Waals surface area contributed by atoms with Crippen molar-refractivity contribution in [3.63, 3.8) is 0 Å². The fraction of sp³-hybridized carbons (Fsp3) is 0. The highest BCUT2D eigenvalue weighted by molar-refractivity contribution is 6.70. The molecule has 0 fully saturated rings. The molecular formula is CH2B2NO3. The average Bonchev–Trinajstić information content (AvgIpc) is 1.68. The van der Waals surface area contributed by atoms with E-state index < -0.39 is 5.81 Å². The van der Waals surface area contributed by atoms with E-state index in [-0.39, 0.29) is 0 Å². The topological polar surface area (TPSA) is 58.6 Å². The first-order chi connectivity index (χ1) is 3.31. The van der Waals surface area contributed by atoms with Gasteiger partial charge in [-0.25, -0.2) is 5.48 Å². The first-order valence-electron chi connectivity index (χ1n) is 1.44. The second-order valence-electron chi connectivity index (χ2n) is 0.730. The minimum Gasteiger partial charge on any atom is -0.502 e. The maximum atomic E-state index is 9.79. The second kappa shape index (κ2) is 3.70. The van der Waals surface area contributed by atoms with Crippen LogP contribution in [0.5, 0.6) is 0 Å². The zero-order valence-electron chi connectivity index (χ0n) is 3.42. The lowest BCUT2D eigenvalue weighted by atomic mass is 10.0. The molecule has 0 heterocycles. The van der Waals surface area contributed by atoms with Crippen molar-refractivity contribution < 1.29 is 14.6 Å². The number of carbonyl (C=O) groups is 1. The fourth-order valence-electron chi connectivity index (χ4n) is 0.0882. The molecule has 0 saturated heterocycles. The summed E-state index contributed by atoms with van der Waals surface area (Å²) in [7, 11) is 5.00. The quantitative estimate of drug-likeness (QED) is 0.259. The van der Waals surface area contributed by atoms with Crippen LogP contribution in [-0.4, -0.2) is 26.5 Å². The lowest BCUT2D eigenvalue weighted by Gasteiger charge is -1.89. The molecule has 0 aromatic rings. The molecule has 7 heavy (non-hydrogen) atoms. The Morgan fingerprint density at radius 3 is 2.71 bits per heavy atom. The predicted molar refractivity (Wildman–Crippen MR) is 22.9 cm³/mol. The van der Waals surface area contributed by atoms with Gasteiger partial charge in [-0.2, -0.15) is 0 Å². The Morgan fingerprint density at radius 2 is 2.57 bits per heavy atom. The predicted octanol–water partition coefficient (Wildman–Crippen LogP) is -1.20. The van der Waals surface area contributed by atoms with Crippen molar-refractivity contribution >= 4 is 21.3 Å². The number of hydrogen-bond acceptors (Lipinski definition) is 3. The lowest BCUT2D eigenvalue weighted by Crippen LogP contribution is -2.24. The molecule has 0 aliphatic carbocycles. The molecule has 0 rings (SSSR count). The van der Waals surface area contributed by atoms with Crippen molar-refractivity contribution in [1.29, 1.82) is 0 Å². The molecule has 35 valence electrons. The van der Waals surface area contributed by atoms with E-state index in [0.29, 0.717) is 7.48 Å². The molecule has 6 heteroatoms. The molecule has 4 nitrogen and oxygen atoms in total. The van der Waals surface area contributed by atoms with E-state index in [1.54, 1.807) is 0 Å². The van der Waals surface area contributed by atoms with Gasteiger partial charge in [0.05, 0.1) is 0 Å². The van der Waals surface area contributed by atoms with Crippen LogP contribution in [0.4, 0.5) is 4.79 Å². The number of nitrogens with one attached hydrogen (secondary N) is 1. The van der Waals surface area contributed by atoms with Crippen molar-refractivity contribution in [3.05, 3.63) is 0 Å². The third-order valence-corrected chi connectivity index (χ3v) is 0.285. The molecule has 0 atom stereocenters. The SMILES string of the molecule is [B]O[B]C(=O)NO. The first-order valence-corrected chi connectivity index (χ1v) is 1.44. The molecule has 2 N–H and O–H groups in total. The van der Waals surface area contributed by atoms with Crippen LogP contribution in [0.15, 0.2) is 0 Å². The van der Waals surface area contributed by atoms with Crippen molar-refractivity contribution in [2.75, 3.05) is 0 Å². The van der Waals surface area contributed by atoms with Crippen LogP contribution in [0.25, 0.3) is 0 Å². The van der Waals surface area contributed by atoms with E-state index in [0.717, 1.165) is 0 Å². The Labute approximate surface area is 42.5 Å². The number of carbonyl (C=O) groups excluding carboxylic acids is 1. The van der Waals surface area contributed by atoms with Gasteiger partial charge in [0.1, 0.15) is 0 Å². The van der Waals surface area contributed by atoms with E-state index >= 15 is 0 Å². The Morgan fingerprint density at radius 1 is 2.00 bits per heavy atom. The van der Waals surface area contributed by atoms with Gasteiger partial charge >= 0.3 is 7.48 Å². The van der Waals surface area contributed by atoms with Gasteiger partial charge in [-0.3, -0.25) is 10.0 Å². The smallest absolute Gasteiger partial charge is 0.393 e. The second-order valence-corrected chi connectivity index (χ2v) is 0.730. The zero-order valence-corrected chi connectivity index (χ0v) is 3.42. The summed E-state index contributed by atoms with van der Waals surface area (Å²) in [5, 5.41) is 7.70. The molecule has 0 saturated carbocycles. The molecule has 0 bridgehead atoms. The highest BCUT2D eigenvalue weighted by Crippen LogP contribution is 1.61. The Bertz CT molecular complexity index is 66.0. The molecule has 0 aromatic heterocycles. The summed E-state index contributed by atoms with van der Waals surface area (Å²) in [4.78, 5) is 9.79. The van der Waals surface area contributed by atoms with Gasteiger partial charge < -0.3 is 4.57 Å². The zero-order chi connectivity index (χ0) is 5.70. The van der Waals surface area contributed by atoms with E-state index in [1.165, 1.54) is 5.48 Å². The highest BCUT2D eigenvalue weighted by atomic mass is 16.5. The van der Waals surface area contributed by atoms with Crippen molar-refractivity contribution in [2.24, 2.45) is 0 Å². The molecule has 0 aromatic carbocycles. The standard InChI is InChI=1S/CH2B2NO3/c2-7-3-1(5)4-6/h6H,(H,4,5). The van der Waals surface area contributed by atoms with Gasteiger partial charge in [0.2, 0.25) is 5.81 Å². The molecule has 0 unspecified atom stereocenters. The summed E-state index contributed by atoms with van der Waals surface area (Å²) < 4.78 is 3.70. The summed E-state index contributed by atoms with van der Waals surface area (Å²) in [5.74, 6) is -0.789. The number of hydrogen-bond donors (Lipinski definition) is 2. The molecule has 0 aliphatic heterocycles. The van der Waals surface area contributed by atoms with E-state index in [4.69, 9.17) is 5.21 Å². The van der Waals surface area contributed by atoms with Gasteiger partial charge in [-0.15, -0.1) is 0 Å². The maximum absolute atomic E-state index is 9.79. The molecule has 1 amide bonds. The lowest BCUT2D eigenvalue weighted by molar-refractivity contribution is 0.177. The summed E-state index contributed by atoms with van der Waals surface area (Å²) >= 11 is 0. The van der Waals surface area contributed by atoms with Crippen LogP contribution < -0.4 is 5.48 Å². The molecular weight excluding hydrogens is 95.6 g/mol. The monoisotopic (exact) mass is 98.0 g/mol. The largest absolute Gasteiger partial charge is 0.502 e. The van der Waals surface area contributed by atoms with Crippen molar-refractivity contribution in [3.8, 4) is 0 Å². The van der Waals surface area contributed by atoms with Crippen LogP contribution in [0.3, 0.4) is 0 Å². The van der Waals surface area contributed by atoms with Crippen LogP contribution in [-0.2, 0) is 4.57 Å². The third-order valence-electron chi connectivity index (χ3n) is 0.285. The van der Waals surface area contributed by atoms with Gasteiger partial charge in [0.25, 0.3) is 8.05 Å². The van der Waals surface area contributed by atoms with E-state index in [1.807, 2.05) is 0 Å². The third kappa shape index (κ3) is 3.35. The van der Waals surface area contributed by atoms with Crippen LogP contribution in [0.2, 0.25) is 0 Å². The Kier molecular flexibility index (Phi) is 3.45. The number of rotatable bonds is 2. The number of amides is 1. The van der Waals surface area contributed by atoms with E-state index in [9.17, 15) is 4.79 Å². The summed E-state index contributed by atoms with van der Waals surface area (Å²) in [5.41, 5.74) is 1.27. The van der Waals surface area contributed by atoms with E-state index in [2.05, 4.69) is 12.6 Å². The van der Waals surface area contributed by atoms with Crippen LogP contribution >= 0.6 is 0 Å². The van der Waals surface area contributed by atoms with Crippen molar-refractivity contribution in [1.82, 2.24) is 5.48 Å². The van der Waals surface area contributed by atoms with Gasteiger partial charge in [-0.05, 0) is 0 Å². The summed E-state index contributed by atoms with van der Waals surface area (Å²) in [6.45, 7) is 0. The highest BCUT2D eigenvalue weighted by Gasteiger charge is 1.97. The average molecular weight is 97.7 g/mol. The number of hydroxylamine groups is 1. The summed E-state index contributed by atoms with van der Waals surface area (Å²) in [6, 6.07) is 0. The molecule has 0 aliphatic rings. The Balaban J connectivity index is 3.00. The minimum atomic E-state index is -0.789. The molecule has 0 spiro atoms. The molecule has 3 radical (unpaired) electrons. The maximum Gasteiger partial charge on any atom is 0.393 e. The van der Waals surface area contributed by atoms with Gasteiger partial charge in [0.15, 0.2) is 0 Å². The normalized spacial score (nSPS) is 7.57. The summed E-state index contributed by atoms with van der Waals surface area (Å²) in [6.07, 6.45) is 0. The fourth-order valence-corrected chi connectivity index (χ4v) is 0.0882. The van der Waals surface area contributed by atoms with Gasteiger partial charge in [-0.1, -0.05) is 0 Å². The van der Waals surface area contributed by atoms with Crippen molar-refractivity contribution in [2.45, 2.75) is 0 Å². The Hall–Kier alpha value is -0.480. The first kappa shape index (κ1) is 6.52. The van der Waals surface area contributed by atoms with Crippen LogP contribution in [0.1, 0.15) is 0 Å².